The second-order valence-electron chi connectivity index (χ2n) is 8.90. The minimum atomic E-state index is -0.787. The lowest BCUT2D eigenvalue weighted by molar-refractivity contribution is 0.00386. The molecule has 8 heteroatoms. The molecule has 144 valence electrons. The molecule has 7 nitrogen and oxygen atoms in total. The van der Waals surface area contributed by atoms with Crippen molar-refractivity contribution >= 4 is 28.6 Å². The topological polar surface area (TPSA) is 96.1 Å². The van der Waals surface area contributed by atoms with E-state index in [1.54, 1.807) is 6.33 Å². The van der Waals surface area contributed by atoms with Crippen molar-refractivity contribution in [2.75, 3.05) is 5.32 Å². The van der Waals surface area contributed by atoms with Crippen LogP contribution in [0.25, 0.3) is 11.2 Å². The summed E-state index contributed by atoms with van der Waals surface area (Å²) < 4.78 is 1.90. The third-order valence-electron chi connectivity index (χ3n) is 7.27. The van der Waals surface area contributed by atoms with Crippen LogP contribution in [-0.4, -0.2) is 48.0 Å². The number of imidazole rings is 1. The summed E-state index contributed by atoms with van der Waals surface area (Å²) in [6, 6.07) is 0.240. The van der Waals surface area contributed by atoms with Gasteiger partial charge in [0.1, 0.15) is 6.10 Å². The number of fused-ring (bicyclic) bond motifs is 2. The molecule has 4 aliphatic carbocycles. The molecule has 0 spiro atoms. The molecule has 3 N–H and O–H groups in total. The number of hydrogen-bond donors (Lipinski definition) is 3. The van der Waals surface area contributed by atoms with Gasteiger partial charge in [-0.3, -0.25) is 0 Å². The van der Waals surface area contributed by atoms with Crippen molar-refractivity contribution < 1.29 is 10.2 Å². The zero-order valence-corrected chi connectivity index (χ0v) is 15.8. The van der Waals surface area contributed by atoms with Gasteiger partial charge in [0.05, 0.1) is 18.5 Å². The van der Waals surface area contributed by atoms with Crippen LogP contribution in [0, 0.1) is 23.7 Å². The minimum absolute atomic E-state index is 0.190. The van der Waals surface area contributed by atoms with Gasteiger partial charge in [-0.1, -0.05) is 6.42 Å². The van der Waals surface area contributed by atoms with Gasteiger partial charge < -0.3 is 20.1 Å². The first-order chi connectivity index (χ1) is 13.1. The van der Waals surface area contributed by atoms with E-state index in [2.05, 4.69) is 20.3 Å². The van der Waals surface area contributed by atoms with Crippen LogP contribution >= 0.6 is 11.6 Å². The van der Waals surface area contributed by atoms with Gasteiger partial charge in [-0.2, -0.15) is 9.97 Å². The number of nitrogens with zero attached hydrogens (tertiary/aromatic N) is 4. The van der Waals surface area contributed by atoms with Crippen LogP contribution in [-0.2, 0) is 0 Å². The van der Waals surface area contributed by atoms with E-state index in [0.29, 0.717) is 28.9 Å². The predicted octanol–water partition coefficient (Wildman–Crippen LogP) is 2.38. The number of nitrogens with one attached hydrogen (secondary N) is 1. The Labute approximate surface area is 162 Å². The monoisotopic (exact) mass is 389 g/mol. The molecule has 27 heavy (non-hydrogen) atoms. The van der Waals surface area contributed by atoms with Crippen LogP contribution in [0.5, 0.6) is 0 Å². The molecule has 0 aliphatic heterocycles. The number of aliphatic hydroxyl groups is 2. The Kier molecular flexibility index (Phi) is 3.53. The molecule has 0 aromatic carbocycles. The summed E-state index contributed by atoms with van der Waals surface area (Å²) in [4.78, 5) is 13.4. The van der Waals surface area contributed by atoms with Crippen LogP contribution in [0.1, 0.15) is 44.6 Å². The third-order valence-corrected chi connectivity index (χ3v) is 7.44. The molecule has 0 amide bonds. The fraction of sp³-hybridized carbons (Fsp3) is 0.737. The zero-order chi connectivity index (χ0) is 18.3. The Bertz CT molecular complexity index is 896. The van der Waals surface area contributed by atoms with Crippen molar-refractivity contribution in [2.24, 2.45) is 23.7 Å². The van der Waals surface area contributed by atoms with Gasteiger partial charge in [-0.15, -0.1) is 0 Å². The van der Waals surface area contributed by atoms with Gasteiger partial charge >= 0.3 is 0 Å². The molecule has 4 saturated carbocycles. The van der Waals surface area contributed by atoms with Gasteiger partial charge in [-0.25, -0.2) is 4.98 Å². The quantitative estimate of drug-likeness (QED) is 0.679. The predicted molar refractivity (Wildman–Crippen MR) is 100 cm³/mol. The van der Waals surface area contributed by atoms with Crippen LogP contribution in [0.3, 0.4) is 0 Å². The van der Waals surface area contributed by atoms with Gasteiger partial charge in [0, 0.05) is 6.04 Å². The number of anilines is 1. The standard InChI is InChI=1S/C19H24ClN5O2/c20-19-23-17(22-12(9-4-5-9)8-2-1-3-8)13-18(24-19)25(7-21-13)14-10-6-11(10)15(26)16(14)27/h7-12,14-16,26-27H,1-6H2,(H,22,23,24)/t10-,11+,12?,14+,15+,16-/m0/s1. The molecule has 1 unspecified atom stereocenters. The maximum Gasteiger partial charge on any atom is 0.226 e. The van der Waals surface area contributed by atoms with Crippen LogP contribution in [0.4, 0.5) is 5.82 Å². The first kappa shape index (κ1) is 16.5. The molecule has 0 bridgehead atoms. The van der Waals surface area contributed by atoms with Crippen LogP contribution in [0.15, 0.2) is 6.33 Å². The highest BCUT2D eigenvalue weighted by Gasteiger charge is 2.60. The van der Waals surface area contributed by atoms with E-state index in [-0.39, 0.29) is 23.2 Å². The Morgan fingerprint density at radius 1 is 1.07 bits per heavy atom. The highest BCUT2D eigenvalue weighted by atomic mass is 35.5. The minimum Gasteiger partial charge on any atom is -0.390 e. The lowest BCUT2D eigenvalue weighted by Crippen LogP contribution is -2.35. The number of aromatic nitrogens is 4. The lowest BCUT2D eigenvalue weighted by atomic mass is 9.78. The fourth-order valence-electron chi connectivity index (χ4n) is 5.34. The Morgan fingerprint density at radius 2 is 1.85 bits per heavy atom. The fourth-order valence-corrected chi connectivity index (χ4v) is 5.51. The van der Waals surface area contributed by atoms with Crippen molar-refractivity contribution in [1.29, 1.82) is 0 Å². The summed E-state index contributed by atoms with van der Waals surface area (Å²) in [5, 5.41) is 24.5. The number of rotatable bonds is 5. The average molecular weight is 390 g/mol. The molecule has 0 saturated heterocycles. The van der Waals surface area contributed by atoms with E-state index in [9.17, 15) is 10.2 Å². The van der Waals surface area contributed by atoms with Gasteiger partial charge in [0.25, 0.3) is 0 Å². The van der Waals surface area contributed by atoms with Crippen LogP contribution < -0.4 is 5.32 Å². The van der Waals surface area contributed by atoms with Crippen molar-refractivity contribution in [2.45, 2.75) is 62.8 Å². The van der Waals surface area contributed by atoms with Crippen molar-refractivity contribution in [3.05, 3.63) is 11.6 Å². The molecular weight excluding hydrogens is 366 g/mol. The van der Waals surface area contributed by atoms with Gasteiger partial charge in [0.15, 0.2) is 17.0 Å². The van der Waals surface area contributed by atoms with E-state index in [0.717, 1.165) is 12.3 Å². The first-order valence-corrected chi connectivity index (χ1v) is 10.5. The van der Waals surface area contributed by atoms with Crippen LogP contribution in [0.2, 0.25) is 5.28 Å². The zero-order valence-electron chi connectivity index (χ0n) is 15.0. The van der Waals surface area contributed by atoms with Crippen molar-refractivity contribution in [3.8, 4) is 0 Å². The van der Waals surface area contributed by atoms with Gasteiger partial charge in [-0.05, 0) is 67.4 Å². The highest BCUT2D eigenvalue weighted by Crippen LogP contribution is 2.58. The lowest BCUT2D eigenvalue weighted by Gasteiger charge is -2.35. The summed E-state index contributed by atoms with van der Waals surface area (Å²) in [6.07, 6.45) is 7.64. The highest BCUT2D eigenvalue weighted by molar-refractivity contribution is 6.28. The smallest absolute Gasteiger partial charge is 0.226 e. The average Bonchev–Trinajstić information content (AvgIpc) is 3.49. The molecule has 4 fully saturated rings. The second-order valence-corrected chi connectivity index (χ2v) is 9.24. The van der Waals surface area contributed by atoms with E-state index in [1.807, 2.05) is 4.57 Å². The maximum absolute atomic E-state index is 10.5. The molecule has 2 aromatic rings. The number of hydrogen-bond acceptors (Lipinski definition) is 6. The second kappa shape index (κ2) is 5.78. The SMILES string of the molecule is O[C@@H]1[C@H](O)[C@@H]2C[C@@H]2[C@H]1n1cnc2c(NC(C3CCC3)C3CC3)nc(Cl)nc21. The number of halogens is 1. The Hall–Kier alpha value is -1.44. The molecule has 2 heterocycles. The van der Waals surface area contributed by atoms with E-state index in [4.69, 9.17) is 11.6 Å². The Balaban J connectivity index is 1.38. The molecule has 2 aromatic heterocycles. The summed E-state index contributed by atoms with van der Waals surface area (Å²) in [5.74, 6) is 2.61. The molecular formula is C19H24ClN5O2. The molecule has 4 aliphatic rings. The van der Waals surface area contributed by atoms with E-state index < -0.39 is 12.2 Å². The third kappa shape index (κ3) is 2.51. The summed E-state index contributed by atoms with van der Waals surface area (Å²) in [6.45, 7) is 0. The molecule has 6 atom stereocenters. The normalized spacial score (nSPS) is 36.5. The molecule has 0 radical (unpaired) electrons. The van der Waals surface area contributed by atoms with E-state index in [1.165, 1.54) is 32.1 Å². The van der Waals surface area contributed by atoms with Crippen molar-refractivity contribution in [1.82, 2.24) is 19.5 Å². The summed E-state index contributed by atoms with van der Waals surface area (Å²) in [7, 11) is 0. The van der Waals surface area contributed by atoms with E-state index >= 15 is 0 Å². The summed E-state index contributed by atoms with van der Waals surface area (Å²) >= 11 is 6.26. The first-order valence-electron chi connectivity index (χ1n) is 10.1. The Morgan fingerprint density at radius 3 is 2.48 bits per heavy atom. The van der Waals surface area contributed by atoms with Gasteiger partial charge in [0.2, 0.25) is 5.28 Å². The molecule has 6 rings (SSSR count). The largest absolute Gasteiger partial charge is 0.390 e. The summed E-state index contributed by atoms with van der Waals surface area (Å²) in [5.41, 5.74) is 1.35. The maximum atomic E-state index is 10.5. The number of aliphatic hydroxyl groups excluding tert-OH is 2. The van der Waals surface area contributed by atoms with Crippen molar-refractivity contribution in [3.63, 3.8) is 0 Å².